The van der Waals surface area contributed by atoms with Crippen LogP contribution in [-0.4, -0.2) is 86.2 Å². The molecule has 1 amide bonds. The Balaban J connectivity index is 1.17. The van der Waals surface area contributed by atoms with E-state index in [0.29, 0.717) is 12.0 Å². The normalized spacial score (nSPS) is 23.3. The van der Waals surface area contributed by atoms with E-state index >= 15 is 0 Å². The van der Waals surface area contributed by atoms with Crippen LogP contribution in [0.1, 0.15) is 52.4 Å². The van der Waals surface area contributed by atoms with Gasteiger partial charge in [-0.1, -0.05) is 24.3 Å². The van der Waals surface area contributed by atoms with Gasteiger partial charge >= 0.3 is 0 Å². The number of morpholine rings is 1. The summed E-state index contributed by atoms with van der Waals surface area (Å²) in [5.74, 6) is 0.859. The van der Waals surface area contributed by atoms with Crippen molar-refractivity contribution < 1.29 is 9.53 Å². The molecule has 0 aliphatic carbocycles. The monoisotopic (exact) mass is 467 g/mol. The first-order valence-corrected chi connectivity index (χ1v) is 13.4. The predicted octanol–water partition coefficient (Wildman–Crippen LogP) is 4.47. The summed E-state index contributed by atoms with van der Waals surface area (Å²) in [6.45, 7) is 10.2. The van der Waals surface area contributed by atoms with Gasteiger partial charge < -0.3 is 19.4 Å². The summed E-state index contributed by atoms with van der Waals surface area (Å²) in [5, 5.41) is 0. The predicted molar refractivity (Wildman–Crippen MR) is 135 cm³/mol. The van der Waals surface area contributed by atoms with Crippen LogP contribution in [0.5, 0.6) is 0 Å². The Kier molecular flexibility index (Phi) is 7.16. The van der Waals surface area contributed by atoms with Crippen molar-refractivity contribution in [1.82, 2.24) is 14.7 Å². The van der Waals surface area contributed by atoms with Gasteiger partial charge in [0.15, 0.2) is 0 Å². The highest BCUT2D eigenvalue weighted by Gasteiger charge is 2.26. The number of carbonyl (C=O) groups is 1. The Hall–Kier alpha value is -1.73. The molecule has 1 atom stereocenters. The molecule has 1 aromatic carbocycles. The number of likely N-dealkylation sites (tertiary alicyclic amines) is 2. The third-order valence-corrected chi connectivity index (χ3v) is 8.84. The Morgan fingerprint density at radius 3 is 2.48 bits per heavy atom. The van der Waals surface area contributed by atoms with Crippen molar-refractivity contribution in [2.45, 2.75) is 44.6 Å². The van der Waals surface area contributed by atoms with Crippen molar-refractivity contribution in [3.63, 3.8) is 0 Å². The Morgan fingerprint density at radius 2 is 1.79 bits per heavy atom. The maximum absolute atomic E-state index is 12.9. The number of amides is 1. The van der Waals surface area contributed by atoms with Crippen molar-refractivity contribution in [3.8, 4) is 10.4 Å². The van der Waals surface area contributed by atoms with E-state index in [1.807, 2.05) is 4.90 Å². The van der Waals surface area contributed by atoms with Gasteiger partial charge in [-0.3, -0.25) is 4.79 Å². The molecule has 0 saturated carbocycles. The molecule has 5 rings (SSSR count). The quantitative estimate of drug-likeness (QED) is 0.650. The molecule has 3 aliphatic heterocycles. The molecule has 2 aromatic rings. The molecule has 3 fully saturated rings. The van der Waals surface area contributed by atoms with Crippen LogP contribution in [0, 0.1) is 6.92 Å². The third-order valence-electron chi connectivity index (χ3n) is 7.56. The SMILES string of the molecule is Cc1cc(-c2ccc(C3CCN(CC4CN(C)CCO4)CC3)cc2)sc1C(=O)N1CCCC1. The summed E-state index contributed by atoms with van der Waals surface area (Å²) in [5.41, 5.74) is 3.79. The minimum atomic E-state index is 0.218. The Bertz CT molecular complexity index is 943. The minimum absolute atomic E-state index is 0.218. The van der Waals surface area contributed by atoms with Crippen LogP contribution in [0.15, 0.2) is 30.3 Å². The summed E-state index contributed by atoms with van der Waals surface area (Å²) in [7, 11) is 2.19. The molecule has 0 spiro atoms. The second-order valence-electron chi connectivity index (χ2n) is 10.1. The first-order chi connectivity index (χ1) is 16.1. The lowest BCUT2D eigenvalue weighted by molar-refractivity contribution is -0.0382. The van der Waals surface area contributed by atoms with Gasteiger partial charge in [-0.2, -0.15) is 0 Å². The van der Waals surface area contributed by atoms with Gasteiger partial charge in [0.2, 0.25) is 0 Å². The average Bonchev–Trinajstić information content (AvgIpc) is 3.50. The molecule has 5 nitrogen and oxygen atoms in total. The van der Waals surface area contributed by atoms with E-state index in [9.17, 15) is 4.79 Å². The summed E-state index contributed by atoms with van der Waals surface area (Å²) >= 11 is 1.65. The number of rotatable bonds is 5. The number of piperidine rings is 1. The number of benzene rings is 1. The van der Waals surface area contributed by atoms with Crippen LogP contribution in [0.2, 0.25) is 0 Å². The fraction of sp³-hybridized carbons (Fsp3) is 0.593. The van der Waals surface area contributed by atoms with E-state index in [1.165, 1.54) is 28.8 Å². The molecule has 1 aromatic heterocycles. The van der Waals surface area contributed by atoms with E-state index in [1.54, 1.807) is 11.3 Å². The number of hydrogen-bond acceptors (Lipinski definition) is 5. The molecule has 3 saturated heterocycles. The van der Waals surface area contributed by atoms with E-state index in [2.05, 4.69) is 54.1 Å². The van der Waals surface area contributed by atoms with Crippen LogP contribution in [-0.2, 0) is 4.74 Å². The highest BCUT2D eigenvalue weighted by Crippen LogP contribution is 2.35. The second kappa shape index (κ2) is 10.3. The average molecular weight is 468 g/mol. The zero-order valence-electron chi connectivity index (χ0n) is 20.1. The highest BCUT2D eigenvalue weighted by atomic mass is 32.1. The number of hydrogen-bond donors (Lipinski definition) is 0. The maximum Gasteiger partial charge on any atom is 0.264 e. The lowest BCUT2D eigenvalue weighted by Crippen LogP contribution is -2.47. The molecule has 0 N–H and O–H groups in total. The van der Waals surface area contributed by atoms with E-state index in [4.69, 9.17) is 4.74 Å². The highest BCUT2D eigenvalue weighted by molar-refractivity contribution is 7.17. The van der Waals surface area contributed by atoms with Crippen LogP contribution in [0.4, 0.5) is 0 Å². The third kappa shape index (κ3) is 5.35. The second-order valence-corrected chi connectivity index (χ2v) is 11.1. The zero-order chi connectivity index (χ0) is 22.8. The molecule has 33 heavy (non-hydrogen) atoms. The van der Waals surface area contributed by atoms with Crippen molar-refractivity contribution >= 4 is 17.2 Å². The largest absolute Gasteiger partial charge is 0.374 e. The number of likely N-dealkylation sites (N-methyl/N-ethyl adjacent to an activating group) is 1. The van der Waals surface area contributed by atoms with Gasteiger partial charge in [-0.05, 0) is 81.4 Å². The minimum Gasteiger partial charge on any atom is -0.374 e. The van der Waals surface area contributed by atoms with Crippen LogP contribution < -0.4 is 0 Å². The smallest absolute Gasteiger partial charge is 0.264 e. The molecule has 4 heterocycles. The van der Waals surface area contributed by atoms with E-state index < -0.39 is 0 Å². The van der Waals surface area contributed by atoms with E-state index in [0.717, 1.165) is 75.7 Å². The molecular formula is C27H37N3O2S. The van der Waals surface area contributed by atoms with Crippen LogP contribution in [0.25, 0.3) is 10.4 Å². The molecule has 0 radical (unpaired) electrons. The molecule has 6 heteroatoms. The number of ether oxygens (including phenoxy) is 1. The van der Waals surface area contributed by atoms with Crippen molar-refractivity contribution in [3.05, 3.63) is 46.3 Å². The molecule has 0 bridgehead atoms. The fourth-order valence-corrected chi connectivity index (χ4v) is 6.68. The first-order valence-electron chi connectivity index (χ1n) is 12.6. The van der Waals surface area contributed by atoms with Gasteiger partial charge in [-0.15, -0.1) is 11.3 Å². The van der Waals surface area contributed by atoms with Gasteiger partial charge in [0, 0.05) is 37.6 Å². The standard InChI is InChI=1S/C27H37N3O2S/c1-20-17-25(33-26(20)27(31)30-11-3-4-12-30)23-7-5-21(6-8-23)22-9-13-29(14-10-22)19-24-18-28(2)15-16-32-24/h5-8,17,22,24H,3-4,9-16,18-19H2,1-2H3. The van der Waals surface area contributed by atoms with Crippen molar-refractivity contribution in [2.24, 2.45) is 0 Å². The Labute approximate surface area is 202 Å². The molecular weight excluding hydrogens is 430 g/mol. The zero-order valence-corrected chi connectivity index (χ0v) is 20.9. The summed E-state index contributed by atoms with van der Waals surface area (Å²) < 4.78 is 5.97. The number of thiophene rings is 1. The maximum atomic E-state index is 12.9. The van der Waals surface area contributed by atoms with Gasteiger partial charge in [0.25, 0.3) is 5.91 Å². The summed E-state index contributed by atoms with van der Waals surface area (Å²) in [6.07, 6.45) is 5.06. The van der Waals surface area contributed by atoms with Crippen LogP contribution >= 0.6 is 11.3 Å². The summed E-state index contributed by atoms with van der Waals surface area (Å²) in [4.78, 5) is 22.0. The van der Waals surface area contributed by atoms with E-state index in [-0.39, 0.29) is 5.91 Å². The van der Waals surface area contributed by atoms with Crippen LogP contribution in [0.3, 0.4) is 0 Å². The lowest BCUT2D eigenvalue weighted by Gasteiger charge is -2.37. The number of carbonyl (C=O) groups excluding carboxylic acids is 1. The lowest BCUT2D eigenvalue weighted by atomic mass is 9.89. The van der Waals surface area contributed by atoms with Gasteiger partial charge in [-0.25, -0.2) is 0 Å². The van der Waals surface area contributed by atoms with Crippen molar-refractivity contribution in [2.75, 3.05) is 59.5 Å². The molecule has 3 aliphatic rings. The van der Waals surface area contributed by atoms with Gasteiger partial charge in [0.1, 0.15) is 0 Å². The Morgan fingerprint density at radius 1 is 1.06 bits per heavy atom. The fourth-order valence-electron chi connectivity index (χ4n) is 5.53. The molecule has 178 valence electrons. The molecule has 1 unspecified atom stereocenters. The number of aryl methyl sites for hydroxylation is 1. The summed E-state index contributed by atoms with van der Waals surface area (Å²) in [6, 6.07) is 11.3. The number of nitrogens with zero attached hydrogens (tertiary/aromatic N) is 3. The van der Waals surface area contributed by atoms with Crippen molar-refractivity contribution in [1.29, 1.82) is 0 Å². The van der Waals surface area contributed by atoms with Gasteiger partial charge in [0.05, 0.1) is 17.6 Å². The topological polar surface area (TPSA) is 36.0 Å². The first kappa shape index (κ1) is 23.0.